The molecule has 5 aliphatic rings. The molecule has 0 aromatic heterocycles. The van der Waals surface area contributed by atoms with E-state index in [-0.39, 0.29) is 24.7 Å². The number of hydrogen-bond donors (Lipinski definition) is 3. The number of urea groups is 1. The summed E-state index contributed by atoms with van der Waals surface area (Å²) < 4.78 is 25.7. The number of esters is 1. The number of nitrogens with two attached hydrogens (primary N) is 1. The van der Waals surface area contributed by atoms with Gasteiger partial charge in [0.05, 0.1) is 24.5 Å². The highest BCUT2D eigenvalue weighted by atomic mass is 16.7. The van der Waals surface area contributed by atoms with E-state index in [1.807, 2.05) is 12.2 Å². The van der Waals surface area contributed by atoms with Crippen molar-refractivity contribution in [2.45, 2.75) is 115 Å². The average Bonchev–Trinajstić information content (AvgIpc) is 3.28. The maximum Gasteiger partial charge on any atom is 0.332 e. The van der Waals surface area contributed by atoms with Gasteiger partial charge in [0.25, 0.3) is 0 Å². The molecule has 9 atom stereocenters. The van der Waals surface area contributed by atoms with Crippen molar-refractivity contribution in [3.05, 3.63) is 47.1 Å². The van der Waals surface area contributed by atoms with E-state index in [2.05, 4.69) is 50.4 Å². The maximum atomic E-state index is 14.1. The van der Waals surface area contributed by atoms with Gasteiger partial charge in [-0.3, -0.25) is 4.79 Å². The van der Waals surface area contributed by atoms with Crippen LogP contribution in [0, 0.1) is 17.8 Å². The predicted molar refractivity (Wildman–Crippen MR) is 162 cm³/mol. The molecule has 2 amide bonds. The number of primary amides is 1. The van der Waals surface area contributed by atoms with Gasteiger partial charge in [-0.15, -0.1) is 0 Å². The second-order valence-corrected chi connectivity index (χ2v) is 13.1. The molecule has 4 N–H and O–H groups in total. The Morgan fingerprint density at radius 2 is 2.02 bits per heavy atom. The summed E-state index contributed by atoms with van der Waals surface area (Å²) in [6, 6.07) is -0.838. The zero-order valence-electron chi connectivity index (χ0n) is 26.0. The van der Waals surface area contributed by atoms with Gasteiger partial charge in [-0.05, 0) is 62.5 Å². The smallest absolute Gasteiger partial charge is 0.332 e. The lowest BCUT2D eigenvalue weighted by molar-refractivity contribution is -0.335. The molecule has 10 heteroatoms. The Morgan fingerprint density at radius 1 is 1.23 bits per heavy atom. The number of nitrogens with one attached hydrogen (secondary N) is 1. The molecule has 2 bridgehead atoms. The SMILES string of the molecule is CC[C@H]1O[C@]2(CC[C@@H]1C)C[C@@H]1C[C@@H](C/C=C(\C)C[C@@H](C)/C=C/C=C3\CO[C@@H]4/C(=N\NC(N)=O)C(C)=C[C@@H](C(=O)O1)[C@]34O)O2. The van der Waals surface area contributed by atoms with Gasteiger partial charge in [0.2, 0.25) is 0 Å². The van der Waals surface area contributed by atoms with Crippen molar-refractivity contribution in [3.8, 4) is 0 Å². The summed E-state index contributed by atoms with van der Waals surface area (Å²) in [5, 5.41) is 16.5. The van der Waals surface area contributed by atoms with Crippen LogP contribution in [0.4, 0.5) is 4.79 Å². The third-order valence-electron chi connectivity index (χ3n) is 9.63. The van der Waals surface area contributed by atoms with Crippen LogP contribution in [0.1, 0.15) is 79.6 Å². The molecule has 1 aliphatic carbocycles. The molecule has 1 spiro atoms. The van der Waals surface area contributed by atoms with Crippen molar-refractivity contribution in [1.82, 2.24) is 5.43 Å². The molecular formula is C33H47N3O7. The summed E-state index contributed by atoms with van der Waals surface area (Å²) in [5.74, 6) is -1.73. The predicted octanol–water partition coefficient (Wildman–Crippen LogP) is 4.59. The third kappa shape index (κ3) is 6.53. The third-order valence-corrected chi connectivity index (χ3v) is 9.63. The Hall–Kier alpha value is -2.79. The van der Waals surface area contributed by atoms with E-state index >= 15 is 0 Å². The molecule has 236 valence electrons. The summed E-state index contributed by atoms with van der Waals surface area (Å²) in [5.41, 5.74) is 8.43. The number of hydrazone groups is 1. The lowest BCUT2D eigenvalue weighted by Gasteiger charge is -2.49. The quantitative estimate of drug-likeness (QED) is 0.240. The number of aliphatic hydroxyl groups is 1. The van der Waals surface area contributed by atoms with Crippen molar-refractivity contribution >= 4 is 17.7 Å². The van der Waals surface area contributed by atoms with E-state index in [0.717, 1.165) is 25.7 Å². The second-order valence-electron chi connectivity index (χ2n) is 13.1. The van der Waals surface area contributed by atoms with Gasteiger partial charge in [-0.25, -0.2) is 10.2 Å². The Morgan fingerprint density at radius 3 is 2.77 bits per heavy atom. The lowest BCUT2D eigenvalue weighted by atomic mass is 9.71. The van der Waals surface area contributed by atoms with Crippen LogP contribution in [0.5, 0.6) is 0 Å². The minimum Gasteiger partial charge on any atom is -0.462 e. The lowest BCUT2D eigenvalue weighted by Crippen LogP contribution is -2.57. The van der Waals surface area contributed by atoms with Crippen molar-refractivity contribution in [2.24, 2.45) is 28.6 Å². The normalized spacial score (nSPS) is 44.3. The van der Waals surface area contributed by atoms with Crippen LogP contribution in [0.25, 0.3) is 0 Å². The van der Waals surface area contributed by atoms with E-state index in [9.17, 15) is 14.7 Å². The van der Waals surface area contributed by atoms with Crippen molar-refractivity contribution in [1.29, 1.82) is 0 Å². The Labute approximate surface area is 254 Å². The Kier molecular flexibility index (Phi) is 9.32. The van der Waals surface area contributed by atoms with Crippen LogP contribution in [-0.4, -0.2) is 65.2 Å². The average molecular weight is 598 g/mol. The van der Waals surface area contributed by atoms with Gasteiger partial charge in [0.1, 0.15) is 23.7 Å². The molecule has 3 fully saturated rings. The molecule has 0 unspecified atom stereocenters. The first kappa shape index (κ1) is 31.6. The van der Waals surface area contributed by atoms with Crippen LogP contribution in [-0.2, 0) is 23.7 Å². The van der Waals surface area contributed by atoms with Crippen molar-refractivity contribution in [2.75, 3.05) is 6.61 Å². The van der Waals surface area contributed by atoms with E-state index in [1.165, 1.54) is 5.57 Å². The minimum atomic E-state index is -1.76. The molecule has 0 aromatic carbocycles. The summed E-state index contributed by atoms with van der Waals surface area (Å²) >= 11 is 0. The molecule has 4 aliphatic heterocycles. The Balaban J connectivity index is 1.54. The number of amides is 2. The number of hydrogen-bond acceptors (Lipinski definition) is 8. The van der Waals surface area contributed by atoms with Gasteiger partial charge in [0.15, 0.2) is 5.79 Å². The summed E-state index contributed by atoms with van der Waals surface area (Å²) in [4.78, 5) is 25.5. The Bertz CT molecular complexity index is 1250. The van der Waals surface area contributed by atoms with Gasteiger partial charge in [-0.1, -0.05) is 56.7 Å². The topological polar surface area (TPSA) is 142 Å². The van der Waals surface area contributed by atoms with Gasteiger partial charge < -0.3 is 29.8 Å². The molecule has 0 aromatic rings. The number of carbonyl (C=O) groups is 2. The van der Waals surface area contributed by atoms with Crippen LogP contribution in [0.2, 0.25) is 0 Å². The van der Waals surface area contributed by atoms with Crippen molar-refractivity contribution < 1.29 is 33.6 Å². The first-order valence-corrected chi connectivity index (χ1v) is 15.7. The number of fused-ring (bicyclic) bond motifs is 2. The van der Waals surface area contributed by atoms with Crippen LogP contribution in [0.15, 0.2) is 52.2 Å². The summed E-state index contributed by atoms with van der Waals surface area (Å²) in [6.07, 6.45) is 13.3. The van der Waals surface area contributed by atoms with Crippen LogP contribution in [0.3, 0.4) is 0 Å². The van der Waals surface area contributed by atoms with Gasteiger partial charge in [-0.2, -0.15) is 5.10 Å². The maximum absolute atomic E-state index is 14.1. The van der Waals surface area contributed by atoms with E-state index in [1.54, 1.807) is 13.0 Å². The van der Waals surface area contributed by atoms with Crippen molar-refractivity contribution in [3.63, 3.8) is 0 Å². The monoisotopic (exact) mass is 597 g/mol. The minimum absolute atomic E-state index is 0.0760. The molecule has 10 nitrogen and oxygen atoms in total. The number of ether oxygens (including phenoxy) is 4. The number of carbonyl (C=O) groups excluding carboxylic acids is 2. The summed E-state index contributed by atoms with van der Waals surface area (Å²) in [6.45, 7) is 10.5. The van der Waals surface area contributed by atoms with E-state index < -0.39 is 41.5 Å². The van der Waals surface area contributed by atoms with Gasteiger partial charge >= 0.3 is 12.0 Å². The first-order valence-electron chi connectivity index (χ1n) is 15.7. The zero-order valence-corrected chi connectivity index (χ0v) is 26.0. The molecule has 0 saturated carbocycles. The molecule has 0 radical (unpaired) electrons. The summed E-state index contributed by atoms with van der Waals surface area (Å²) in [7, 11) is 0. The molecule has 3 saturated heterocycles. The van der Waals surface area contributed by atoms with Gasteiger partial charge in [0, 0.05) is 19.3 Å². The molecule has 5 rings (SSSR count). The number of allylic oxidation sites excluding steroid dienone is 4. The van der Waals surface area contributed by atoms with Crippen LogP contribution < -0.4 is 11.2 Å². The fraction of sp³-hybridized carbons (Fsp3) is 0.667. The zero-order chi connectivity index (χ0) is 30.9. The molecular weight excluding hydrogens is 550 g/mol. The number of rotatable bonds is 2. The van der Waals surface area contributed by atoms with E-state index in [4.69, 9.17) is 24.7 Å². The fourth-order valence-corrected chi connectivity index (χ4v) is 7.35. The highest BCUT2D eigenvalue weighted by Crippen LogP contribution is 2.46. The largest absolute Gasteiger partial charge is 0.462 e. The number of nitrogens with zero attached hydrogens (tertiary/aromatic N) is 1. The van der Waals surface area contributed by atoms with Crippen LogP contribution >= 0.6 is 0 Å². The second kappa shape index (κ2) is 12.7. The molecule has 43 heavy (non-hydrogen) atoms. The van der Waals surface area contributed by atoms with E-state index in [0.29, 0.717) is 42.0 Å². The highest BCUT2D eigenvalue weighted by Gasteiger charge is 2.59. The molecule has 4 heterocycles. The fourth-order valence-electron chi connectivity index (χ4n) is 7.35. The first-order chi connectivity index (χ1) is 20.4. The standard InChI is InChI=1S/C33H47N3O7/c1-6-27-21(4)12-13-32(43-27)17-25-16-24(42-32)11-10-20(3)14-19(2)8-7-9-23-18-40-29-28(35-36-31(34)38)22(5)15-26(30(37)41-25)33(23,29)39/h7-10,15,19,21,24-27,29,39H,6,11-14,16-18H2,1-5H3,(H3,34,36,38)/b8-7+,20-10+,23-9+,35-28-/t19-,21-,24+,25-,26-,27+,29+,32+,33+/m0/s1. The highest BCUT2D eigenvalue weighted by molar-refractivity contribution is 6.07.